The van der Waals surface area contributed by atoms with Crippen LogP contribution in [-0.2, 0) is 10.5 Å². The van der Waals surface area contributed by atoms with E-state index in [0.29, 0.717) is 5.75 Å². The largest absolute Gasteiger partial charge is 0.355 e. The van der Waals surface area contributed by atoms with Crippen molar-refractivity contribution in [2.75, 3.05) is 18.1 Å². The first-order valence-corrected chi connectivity index (χ1v) is 9.11. The van der Waals surface area contributed by atoms with E-state index in [4.69, 9.17) is 11.6 Å². The first-order chi connectivity index (χ1) is 9.37. The second-order valence-electron chi connectivity index (χ2n) is 5.43. The lowest BCUT2D eigenvalue weighted by molar-refractivity contribution is -0.118. The number of hydrogen-bond donors (Lipinski definition) is 1. The second kappa shape index (κ2) is 8.85. The Balaban J connectivity index is 2.11. The quantitative estimate of drug-likeness (QED) is 0.758. The molecule has 0 radical (unpaired) electrons. The predicted octanol–water partition coefficient (Wildman–Crippen LogP) is 4.22. The van der Waals surface area contributed by atoms with Crippen LogP contribution in [0.25, 0.3) is 0 Å². The van der Waals surface area contributed by atoms with E-state index in [9.17, 15) is 4.79 Å². The summed E-state index contributed by atoms with van der Waals surface area (Å²) in [5.41, 5.74) is 1.15. The van der Waals surface area contributed by atoms with Crippen LogP contribution in [0.2, 0.25) is 5.02 Å². The molecule has 2 nitrogen and oxygen atoms in total. The van der Waals surface area contributed by atoms with Gasteiger partial charge in [0.15, 0.2) is 0 Å². The number of hydrogen-bond acceptors (Lipinski definition) is 3. The van der Waals surface area contributed by atoms with Gasteiger partial charge in [0.05, 0.1) is 5.75 Å². The lowest BCUT2D eigenvalue weighted by Crippen LogP contribution is -2.28. The fraction of sp³-hybridized carbons (Fsp3) is 0.533. The third-order valence-electron chi connectivity index (χ3n) is 2.35. The van der Waals surface area contributed by atoms with Crippen molar-refractivity contribution in [2.24, 2.45) is 0 Å². The summed E-state index contributed by atoms with van der Waals surface area (Å²) in [6.45, 7) is 7.28. The minimum absolute atomic E-state index is 0.103. The van der Waals surface area contributed by atoms with Gasteiger partial charge in [-0.25, -0.2) is 0 Å². The number of thioether (sulfide) groups is 2. The van der Waals surface area contributed by atoms with E-state index < -0.39 is 0 Å². The van der Waals surface area contributed by atoms with Gasteiger partial charge in [-0.3, -0.25) is 4.79 Å². The zero-order valence-electron chi connectivity index (χ0n) is 12.2. The second-order valence-corrected chi connectivity index (χ2v) is 8.78. The van der Waals surface area contributed by atoms with E-state index in [-0.39, 0.29) is 10.7 Å². The first-order valence-electron chi connectivity index (χ1n) is 6.60. The Morgan fingerprint density at radius 3 is 2.75 bits per heavy atom. The summed E-state index contributed by atoms with van der Waals surface area (Å²) in [6, 6.07) is 7.75. The minimum Gasteiger partial charge on any atom is -0.355 e. The lowest BCUT2D eigenvalue weighted by atomic mass is 10.2. The number of benzene rings is 1. The number of rotatable bonds is 7. The van der Waals surface area contributed by atoms with Gasteiger partial charge in [-0.15, -0.1) is 11.8 Å². The average molecular weight is 332 g/mol. The van der Waals surface area contributed by atoms with Gasteiger partial charge in [-0.05, 0) is 17.7 Å². The van der Waals surface area contributed by atoms with Crippen molar-refractivity contribution in [1.29, 1.82) is 0 Å². The summed E-state index contributed by atoms with van der Waals surface area (Å²) >= 11 is 9.39. The Bertz CT molecular complexity index is 432. The summed E-state index contributed by atoms with van der Waals surface area (Å²) in [6.07, 6.45) is 0. The Hall–Kier alpha value is -0.320. The normalized spacial score (nSPS) is 11.4. The number of nitrogens with one attached hydrogen (secondary N) is 1. The zero-order chi connectivity index (χ0) is 15.0. The molecule has 1 aromatic carbocycles. The van der Waals surface area contributed by atoms with Crippen molar-refractivity contribution >= 4 is 41.0 Å². The molecule has 1 aromatic rings. The van der Waals surface area contributed by atoms with E-state index in [1.165, 1.54) is 0 Å². The van der Waals surface area contributed by atoms with Crippen LogP contribution in [0.5, 0.6) is 0 Å². The van der Waals surface area contributed by atoms with Crippen molar-refractivity contribution in [3.63, 3.8) is 0 Å². The molecular weight excluding hydrogens is 310 g/mol. The summed E-state index contributed by atoms with van der Waals surface area (Å²) in [4.78, 5) is 11.7. The van der Waals surface area contributed by atoms with Crippen LogP contribution in [0, 0.1) is 0 Å². The van der Waals surface area contributed by atoms with Crippen LogP contribution in [0.15, 0.2) is 24.3 Å². The Morgan fingerprint density at radius 2 is 2.10 bits per heavy atom. The monoisotopic (exact) mass is 331 g/mol. The van der Waals surface area contributed by atoms with E-state index in [0.717, 1.165) is 28.6 Å². The van der Waals surface area contributed by atoms with Gasteiger partial charge in [0, 0.05) is 27.8 Å². The molecule has 0 saturated heterocycles. The number of carbonyl (C=O) groups is 1. The molecular formula is C15H22ClNOS2. The van der Waals surface area contributed by atoms with E-state index >= 15 is 0 Å². The molecule has 1 N–H and O–H groups in total. The van der Waals surface area contributed by atoms with Gasteiger partial charge in [-0.2, -0.15) is 11.8 Å². The third-order valence-corrected chi connectivity index (χ3v) is 4.86. The van der Waals surface area contributed by atoms with Crippen molar-refractivity contribution in [3.8, 4) is 0 Å². The molecule has 0 heterocycles. The molecule has 0 aliphatic carbocycles. The molecule has 20 heavy (non-hydrogen) atoms. The van der Waals surface area contributed by atoms with Gasteiger partial charge in [0.2, 0.25) is 5.91 Å². The lowest BCUT2D eigenvalue weighted by Gasteiger charge is -2.17. The highest BCUT2D eigenvalue weighted by molar-refractivity contribution is 8.00. The fourth-order valence-corrected chi connectivity index (χ4v) is 3.32. The van der Waals surface area contributed by atoms with Crippen molar-refractivity contribution in [2.45, 2.75) is 31.3 Å². The van der Waals surface area contributed by atoms with Crippen molar-refractivity contribution < 1.29 is 4.79 Å². The highest BCUT2D eigenvalue weighted by Gasteiger charge is 2.10. The molecule has 5 heteroatoms. The molecule has 112 valence electrons. The molecule has 0 aromatic heterocycles. The van der Waals surface area contributed by atoms with Crippen LogP contribution in [-0.4, -0.2) is 28.7 Å². The molecule has 0 aliphatic heterocycles. The molecule has 1 amide bonds. The summed E-state index contributed by atoms with van der Waals surface area (Å²) < 4.78 is 0.256. The molecule has 0 spiro atoms. The smallest absolute Gasteiger partial charge is 0.230 e. The SMILES string of the molecule is CC(C)(C)SCCNC(=O)CSCc1cccc(Cl)c1. The maximum absolute atomic E-state index is 11.7. The molecule has 0 bridgehead atoms. The van der Waals surface area contributed by atoms with Gasteiger partial charge < -0.3 is 5.32 Å². The number of amides is 1. The summed E-state index contributed by atoms with van der Waals surface area (Å²) in [7, 11) is 0. The number of halogens is 1. The highest BCUT2D eigenvalue weighted by atomic mass is 35.5. The maximum Gasteiger partial charge on any atom is 0.230 e. The molecule has 1 rings (SSSR count). The molecule has 0 aliphatic rings. The van der Waals surface area contributed by atoms with Crippen LogP contribution >= 0.6 is 35.1 Å². The molecule has 0 atom stereocenters. The van der Waals surface area contributed by atoms with E-state index in [2.05, 4.69) is 26.1 Å². The summed E-state index contributed by atoms with van der Waals surface area (Å²) in [5, 5.41) is 3.69. The van der Waals surface area contributed by atoms with Crippen LogP contribution < -0.4 is 5.32 Å². The maximum atomic E-state index is 11.7. The van der Waals surface area contributed by atoms with Crippen molar-refractivity contribution in [3.05, 3.63) is 34.9 Å². The first kappa shape index (κ1) is 17.7. The summed E-state index contributed by atoms with van der Waals surface area (Å²) in [5.74, 6) is 2.36. The Labute approximate surface area is 135 Å². The average Bonchev–Trinajstić information content (AvgIpc) is 2.34. The van der Waals surface area contributed by atoms with E-state index in [1.54, 1.807) is 11.8 Å². The number of carbonyl (C=O) groups excluding carboxylic acids is 1. The molecule has 0 saturated carbocycles. The van der Waals surface area contributed by atoms with Gasteiger partial charge in [0.25, 0.3) is 0 Å². The van der Waals surface area contributed by atoms with Gasteiger partial charge in [0.1, 0.15) is 0 Å². The Kier molecular flexibility index (Phi) is 7.85. The van der Waals surface area contributed by atoms with Crippen LogP contribution in [0.4, 0.5) is 0 Å². The molecule has 0 unspecified atom stereocenters. The van der Waals surface area contributed by atoms with Crippen LogP contribution in [0.3, 0.4) is 0 Å². The minimum atomic E-state index is 0.103. The third kappa shape index (κ3) is 8.77. The van der Waals surface area contributed by atoms with Gasteiger partial charge in [-0.1, -0.05) is 44.5 Å². The zero-order valence-corrected chi connectivity index (χ0v) is 14.6. The standard InChI is InChI=1S/C15H22ClNOS2/c1-15(2,3)20-8-7-17-14(18)11-19-10-12-5-4-6-13(16)9-12/h4-6,9H,7-8,10-11H2,1-3H3,(H,17,18). The molecule has 0 fully saturated rings. The predicted molar refractivity (Wildman–Crippen MR) is 92.8 cm³/mol. The van der Waals surface area contributed by atoms with Crippen molar-refractivity contribution in [1.82, 2.24) is 5.32 Å². The van der Waals surface area contributed by atoms with E-state index in [1.807, 2.05) is 36.0 Å². The van der Waals surface area contributed by atoms with Crippen LogP contribution in [0.1, 0.15) is 26.3 Å². The topological polar surface area (TPSA) is 29.1 Å². The highest BCUT2D eigenvalue weighted by Crippen LogP contribution is 2.22. The van der Waals surface area contributed by atoms with Gasteiger partial charge >= 0.3 is 0 Å². The Morgan fingerprint density at radius 1 is 1.35 bits per heavy atom. The fourth-order valence-electron chi connectivity index (χ4n) is 1.49.